The molecule has 1 atom stereocenters. The van der Waals surface area contributed by atoms with Gasteiger partial charge >= 0.3 is 0 Å². The molecule has 0 spiro atoms. The van der Waals surface area contributed by atoms with E-state index in [1.165, 1.54) is 4.68 Å². The number of nitrogens with zero attached hydrogens (tertiary/aromatic N) is 4. The predicted octanol–water partition coefficient (Wildman–Crippen LogP) is 3.77. The third-order valence-corrected chi connectivity index (χ3v) is 5.72. The number of para-hydroxylation sites is 1. The molecule has 2 aromatic heterocycles. The lowest BCUT2D eigenvalue weighted by atomic mass is 10.1. The van der Waals surface area contributed by atoms with Crippen LogP contribution >= 0.6 is 0 Å². The highest BCUT2D eigenvalue weighted by Crippen LogP contribution is 2.22. The Hall–Kier alpha value is -3.74. The lowest BCUT2D eigenvalue weighted by Gasteiger charge is -2.17. The standard InChI is InChI=1S/C25H27N5O2/c1-5-21(24(31)26-15-19-13-11-16(2)12-14-19)30-25(32)23-22(17(3)27-30)18(4)29(28-23)20-9-7-6-8-10-20/h6-14,21H,5,15H2,1-4H3,(H,26,31)/t21-/m1/s1. The Morgan fingerprint density at radius 1 is 1.00 bits per heavy atom. The number of hydrogen-bond donors (Lipinski definition) is 1. The molecular formula is C25H27N5O2. The van der Waals surface area contributed by atoms with Crippen LogP contribution in [-0.2, 0) is 11.3 Å². The van der Waals surface area contributed by atoms with Gasteiger partial charge in [-0.2, -0.15) is 10.2 Å². The molecule has 2 heterocycles. The maximum Gasteiger partial charge on any atom is 0.295 e. The predicted molar refractivity (Wildman–Crippen MR) is 125 cm³/mol. The summed E-state index contributed by atoms with van der Waals surface area (Å²) >= 11 is 0. The van der Waals surface area contributed by atoms with E-state index in [1.54, 1.807) is 4.68 Å². The first-order chi connectivity index (χ1) is 15.4. The van der Waals surface area contributed by atoms with Crippen LogP contribution in [0.1, 0.15) is 41.9 Å². The number of amides is 1. The van der Waals surface area contributed by atoms with E-state index in [0.717, 1.165) is 27.9 Å². The summed E-state index contributed by atoms with van der Waals surface area (Å²) in [6, 6.07) is 16.9. The Balaban J connectivity index is 1.69. The van der Waals surface area contributed by atoms with Crippen molar-refractivity contribution >= 4 is 16.8 Å². The molecule has 0 aliphatic carbocycles. The Labute approximate surface area is 186 Å². The second-order valence-electron chi connectivity index (χ2n) is 8.02. The zero-order chi connectivity index (χ0) is 22.8. The van der Waals surface area contributed by atoms with Crippen molar-refractivity contribution in [3.8, 4) is 5.69 Å². The highest BCUT2D eigenvalue weighted by molar-refractivity contribution is 5.84. The molecule has 1 amide bonds. The summed E-state index contributed by atoms with van der Waals surface area (Å²) in [5, 5.41) is 12.8. The lowest BCUT2D eigenvalue weighted by molar-refractivity contribution is -0.125. The molecule has 7 heteroatoms. The van der Waals surface area contributed by atoms with E-state index in [9.17, 15) is 9.59 Å². The molecule has 164 valence electrons. The Kier molecular flexibility index (Phi) is 5.90. The normalized spacial score (nSPS) is 12.1. The molecule has 0 unspecified atom stereocenters. The van der Waals surface area contributed by atoms with Crippen molar-refractivity contribution in [1.29, 1.82) is 0 Å². The van der Waals surface area contributed by atoms with Crippen LogP contribution in [0.25, 0.3) is 16.6 Å². The summed E-state index contributed by atoms with van der Waals surface area (Å²) in [7, 11) is 0. The van der Waals surface area contributed by atoms with Crippen molar-refractivity contribution in [3.05, 3.63) is 87.5 Å². The summed E-state index contributed by atoms with van der Waals surface area (Å²) in [5.74, 6) is -0.236. The van der Waals surface area contributed by atoms with Crippen LogP contribution in [0.4, 0.5) is 0 Å². The molecule has 0 saturated carbocycles. The smallest absolute Gasteiger partial charge is 0.295 e. The van der Waals surface area contributed by atoms with Gasteiger partial charge in [-0.05, 0) is 44.9 Å². The fourth-order valence-electron chi connectivity index (χ4n) is 3.96. The topological polar surface area (TPSA) is 81.8 Å². The summed E-state index contributed by atoms with van der Waals surface area (Å²) in [6.45, 7) is 8.06. The van der Waals surface area contributed by atoms with Crippen LogP contribution in [0, 0.1) is 20.8 Å². The van der Waals surface area contributed by atoms with Crippen LogP contribution in [-0.4, -0.2) is 25.5 Å². The Morgan fingerprint density at radius 2 is 1.69 bits per heavy atom. The first kappa shape index (κ1) is 21.5. The third-order valence-electron chi connectivity index (χ3n) is 5.72. The molecular weight excluding hydrogens is 402 g/mol. The molecule has 7 nitrogen and oxygen atoms in total. The second kappa shape index (κ2) is 8.78. The van der Waals surface area contributed by atoms with Crippen LogP contribution in [0.2, 0.25) is 0 Å². The van der Waals surface area contributed by atoms with Gasteiger partial charge in [-0.3, -0.25) is 9.59 Å². The van der Waals surface area contributed by atoms with Gasteiger partial charge in [0, 0.05) is 6.54 Å². The van der Waals surface area contributed by atoms with Gasteiger partial charge in [0.25, 0.3) is 5.56 Å². The highest BCUT2D eigenvalue weighted by atomic mass is 16.2. The number of rotatable bonds is 6. The molecule has 0 fully saturated rings. The average Bonchev–Trinajstić information content (AvgIpc) is 3.15. The van der Waals surface area contributed by atoms with E-state index in [-0.39, 0.29) is 11.5 Å². The number of hydrogen-bond acceptors (Lipinski definition) is 4. The molecule has 0 bridgehead atoms. The molecule has 0 aliphatic heterocycles. The monoisotopic (exact) mass is 429 g/mol. The zero-order valence-corrected chi connectivity index (χ0v) is 18.8. The van der Waals surface area contributed by atoms with Crippen LogP contribution < -0.4 is 10.9 Å². The van der Waals surface area contributed by atoms with Crippen molar-refractivity contribution in [2.75, 3.05) is 0 Å². The van der Waals surface area contributed by atoms with E-state index >= 15 is 0 Å². The second-order valence-corrected chi connectivity index (χ2v) is 8.02. The van der Waals surface area contributed by atoms with Gasteiger partial charge in [-0.25, -0.2) is 9.36 Å². The highest BCUT2D eigenvalue weighted by Gasteiger charge is 2.25. The number of carbonyl (C=O) groups is 1. The Morgan fingerprint density at radius 3 is 2.34 bits per heavy atom. The quantitative estimate of drug-likeness (QED) is 0.506. The number of aromatic nitrogens is 4. The number of fused-ring (bicyclic) bond motifs is 1. The number of benzene rings is 2. The van der Waals surface area contributed by atoms with Crippen molar-refractivity contribution < 1.29 is 4.79 Å². The molecule has 1 N–H and O–H groups in total. The summed E-state index contributed by atoms with van der Waals surface area (Å²) in [4.78, 5) is 26.3. The minimum Gasteiger partial charge on any atom is -0.350 e. The molecule has 32 heavy (non-hydrogen) atoms. The van der Waals surface area contributed by atoms with Crippen LogP contribution in [0.3, 0.4) is 0 Å². The molecule has 2 aromatic carbocycles. The fraction of sp³-hybridized carbons (Fsp3) is 0.280. The largest absolute Gasteiger partial charge is 0.350 e. The lowest BCUT2D eigenvalue weighted by Crippen LogP contribution is -2.38. The average molecular weight is 430 g/mol. The van der Waals surface area contributed by atoms with Crippen molar-refractivity contribution in [1.82, 2.24) is 24.9 Å². The van der Waals surface area contributed by atoms with Crippen LogP contribution in [0.5, 0.6) is 0 Å². The van der Waals surface area contributed by atoms with Gasteiger partial charge < -0.3 is 5.32 Å². The number of carbonyl (C=O) groups excluding carboxylic acids is 1. The number of nitrogens with one attached hydrogen (secondary N) is 1. The SMILES string of the molecule is CC[C@H](C(=O)NCc1ccc(C)cc1)n1nc(C)c2c(C)n(-c3ccccc3)nc2c1=O. The summed E-state index contributed by atoms with van der Waals surface area (Å²) in [6.07, 6.45) is 0.440. The number of aryl methyl sites for hydroxylation is 3. The van der Waals surface area contributed by atoms with Crippen molar-refractivity contribution in [2.45, 2.75) is 46.7 Å². The maximum atomic E-state index is 13.3. The van der Waals surface area contributed by atoms with E-state index in [2.05, 4.69) is 15.5 Å². The van der Waals surface area contributed by atoms with Gasteiger partial charge in [-0.1, -0.05) is 55.0 Å². The zero-order valence-electron chi connectivity index (χ0n) is 18.8. The van der Waals surface area contributed by atoms with Gasteiger partial charge in [-0.15, -0.1) is 0 Å². The minimum absolute atomic E-state index is 0.236. The van der Waals surface area contributed by atoms with Crippen LogP contribution in [0.15, 0.2) is 59.4 Å². The van der Waals surface area contributed by atoms with Gasteiger partial charge in [0.15, 0.2) is 5.52 Å². The molecule has 0 aliphatic rings. The first-order valence-electron chi connectivity index (χ1n) is 10.8. The van der Waals surface area contributed by atoms with E-state index < -0.39 is 6.04 Å². The molecule has 4 aromatic rings. The fourth-order valence-corrected chi connectivity index (χ4v) is 3.96. The molecule has 4 rings (SSSR count). The van der Waals surface area contributed by atoms with E-state index in [4.69, 9.17) is 0 Å². The molecule has 0 saturated heterocycles. The summed E-state index contributed by atoms with van der Waals surface area (Å²) in [5.41, 5.74) is 4.51. The third kappa shape index (κ3) is 3.93. The van der Waals surface area contributed by atoms with Crippen molar-refractivity contribution in [2.24, 2.45) is 0 Å². The van der Waals surface area contributed by atoms with Gasteiger partial charge in [0.1, 0.15) is 6.04 Å². The van der Waals surface area contributed by atoms with E-state index in [1.807, 2.05) is 82.3 Å². The maximum absolute atomic E-state index is 13.3. The van der Waals surface area contributed by atoms with Gasteiger partial charge in [0.2, 0.25) is 5.91 Å². The summed E-state index contributed by atoms with van der Waals surface area (Å²) < 4.78 is 3.04. The van der Waals surface area contributed by atoms with E-state index in [0.29, 0.717) is 24.2 Å². The van der Waals surface area contributed by atoms with Gasteiger partial charge in [0.05, 0.1) is 22.5 Å². The first-order valence-corrected chi connectivity index (χ1v) is 10.8. The molecule has 0 radical (unpaired) electrons. The Bertz CT molecular complexity index is 1320. The van der Waals surface area contributed by atoms with Crippen molar-refractivity contribution in [3.63, 3.8) is 0 Å². The minimum atomic E-state index is -0.710.